The van der Waals surface area contributed by atoms with Gasteiger partial charge < -0.3 is 14.8 Å². The van der Waals surface area contributed by atoms with Crippen molar-refractivity contribution < 1.29 is 14.3 Å². The monoisotopic (exact) mass is 472 g/mol. The van der Waals surface area contributed by atoms with E-state index in [1.54, 1.807) is 48.5 Å². The molecular weight excluding hydrogens is 448 g/mol. The standard InChI is InChI=1S/C26H24N4O5/c1-34-21-12-6-10-19(14-21)17-29-25(32)23(24(31)27-16-18-8-4-3-5-9-18)28-30(26(29)33)20-11-7-13-22(15-20)35-2/h3-15H,16-17H2,1-2H3,(H,27,31). The van der Waals surface area contributed by atoms with E-state index in [-0.39, 0.29) is 13.1 Å². The lowest BCUT2D eigenvalue weighted by Crippen LogP contribution is -2.46. The van der Waals surface area contributed by atoms with Crippen molar-refractivity contribution >= 4 is 5.91 Å². The molecule has 9 nitrogen and oxygen atoms in total. The molecule has 1 heterocycles. The summed E-state index contributed by atoms with van der Waals surface area (Å²) in [4.78, 5) is 39.7. The fraction of sp³-hybridized carbons (Fsp3) is 0.154. The largest absolute Gasteiger partial charge is 0.497 e. The number of hydrogen-bond acceptors (Lipinski definition) is 6. The molecule has 4 rings (SSSR count). The van der Waals surface area contributed by atoms with Crippen molar-refractivity contribution in [3.05, 3.63) is 117 Å². The molecule has 0 radical (unpaired) electrons. The molecule has 0 spiro atoms. The number of hydrogen-bond donors (Lipinski definition) is 1. The average molecular weight is 473 g/mol. The molecule has 9 heteroatoms. The Labute approximate surface area is 201 Å². The summed E-state index contributed by atoms with van der Waals surface area (Å²) in [6, 6.07) is 22.9. The second-order valence-corrected chi connectivity index (χ2v) is 7.66. The first kappa shape index (κ1) is 23.5. The van der Waals surface area contributed by atoms with Crippen molar-refractivity contribution in [2.24, 2.45) is 0 Å². The number of carbonyl (C=O) groups excluding carboxylic acids is 1. The third-order valence-electron chi connectivity index (χ3n) is 5.34. The topological polar surface area (TPSA) is 104 Å². The highest BCUT2D eigenvalue weighted by atomic mass is 16.5. The van der Waals surface area contributed by atoms with Gasteiger partial charge in [0.15, 0.2) is 0 Å². The molecule has 1 amide bonds. The number of methoxy groups -OCH3 is 2. The minimum Gasteiger partial charge on any atom is -0.497 e. The number of benzene rings is 3. The first-order valence-corrected chi connectivity index (χ1v) is 10.8. The van der Waals surface area contributed by atoms with E-state index >= 15 is 0 Å². The maximum Gasteiger partial charge on any atom is 0.352 e. The maximum absolute atomic E-state index is 13.4. The zero-order valence-corrected chi connectivity index (χ0v) is 19.3. The Kier molecular flexibility index (Phi) is 7.06. The van der Waals surface area contributed by atoms with Crippen LogP contribution in [0.2, 0.25) is 0 Å². The van der Waals surface area contributed by atoms with Gasteiger partial charge in [-0.05, 0) is 35.4 Å². The molecule has 4 aromatic rings. The summed E-state index contributed by atoms with van der Waals surface area (Å²) >= 11 is 0. The van der Waals surface area contributed by atoms with Crippen LogP contribution < -0.4 is 26.0 Å². The van der Waals surface area contributed by atoms with Crippen LogP contribution in [-0.4, -0.2) is 34.5 Å². The van der Waals surface area contributed by atoms with Gasteiger partial charge in [-0.25, -0.2) is 4.79 Å². The summed E-state index contributed by atoms with van der Waals surface area (Å²) in [5.41, 5.74) is -0.00781. The fourth-order valence-corrected chi connectivity index (χ4v) is 3.52. The van der Waals surface area contributed by atoms with Crippen LogP contribution >= 0.6 is 0 Å². The van der Waals surface area contributed by atoms with Gasteiger partial charge in [-0.2, -0.15) is 9.78 Å². The van der Waals surface area contributed by atoms with Gasteiger partial charge in [0.25, 0.3) is 11.5 Å². The van der Waals surface area contributed by atoms with E-state index in [0.717, 1.165) is 14.8 Å². The van der Waals surface area contributed by atoms with E-state index in [1.165, 1.54) is 14.2 Å². The van der Waals surface area contributed by atoms with Gasteiger partial charge >= 0.3 is 5.69 Å². The van der Waals surface area contributed by atoms with Gasteiger partial charge in [0.1, 0.15) is 11.5 Å². The SMILES string of the molecule is COc1cccc(Cn2c(=O)c(C(=O)NCc3ccccc3)nn(-c3cccc(OC)c3)c2=O)c1. The van der Waals surface area contributed by atoms with Crippen LogP contribution in [0.5, 0.6) is 11.5 Å². The number of carbonyl (C=O) groups is 1. The third kappa shape index (κ3) is 5.30. The number of amides is 1. The van der Waals surface area contributed by atoms with Crippen LogP contribution in [0.3, 0.4) is 0 Å². The minimum atomic E-state index is -0.789. The van der Waals surface area contributed by atoms with E-state index in [1.807, 2.05) is 30.3 Å². The predicted octanol–water partition coefficient (Wildman–Crippen LogP) is 2.39. The Morgan fingerprint density at radius 1 is 0.857 bits per heavy atom. The molecule has 3 aromatic carbocycles. The Morgan fingerprint density at radius 3 is 2.23 bits per heavy atom. The Hall–Kier alpha value is -4.66. The van der Waals surface area contributed by atoms with Crippen LogP contribution in [-0.2, 0) is 13.1 Å². The Morgan fingerprint density at radius 2 is 1.51 bits per heavy atom. The number of ether oxygens (including phenoxy) is 2. The van der Waals surface area contributed by atoms with Gasteiger partial charge in [-0.1, -0.05) is 48.5 Å². The van der Waals surface area contributed by atoms with Crippen molar-refractivity contribution in [1.29, 1.82) is 0 Å². The fourth-order valence-electron chi connectivity index (χ4n) is 3.52. The second-order valence-electron chi connectivity index (χ2n) is 7.66. The summed E-state index contributed by atoms with van der Waals surface area (Å²) in [5.74, 6) is 0.394. The van der Waals surface area contributed by atoms with E-state index in [2.05, 4.69) is 10.4 Å². The molecule has 0 aliphatic heterocycles. The quantitative estimate of drug-likeness (QED) is 0.422. The average Bonchev–Trinajstić information content (AvgIpc) is 2.90. The lowest BCUT2D eigenvalue weighted by atomic mass is 10.2. The molecule has 35 heavy (non-hydrogen) atoms. The van der Waals surface area contributed by atoms with E-state index in [0.29, 0.717) is 22.7 Å². The maximum atomic E-state index is 13.4. The molecule has 0 aliphatic carbocycles. The van der Waals surface area contributed by atoms with E-state index in [9.17, 15) is 14.4 Å². The summed E-state index contributed by atoms with van der Waals surface area (Å²) in [6.07, 6.45) is 0. The third-order valence-corrected chi connectivity index (χ3v) is 5.34. The van der Waals surface area contributed by atoms with Gasteiger partial charge in [-0.3, -0.25) is 14.2 Å². The van der Waals surface area contributed by atoms with E-state index in [4.69, 9.17) is 9.47 Å². The van der Waals surface area contributed by atoms with Gasteiger partial charge in [0, 0.05) is 12.6 Å². The van der Waals surface area contributed by atoms with Crippen LogP contribution in [0.25, 0.3) is 5.69 Å². The first-order chi connectivity index (χ1) is 17.0. The van der Waals surface area contributed by atoms with Crippen molar-refractivity contribution in [1.82, 2.24) is 19.7 Å². The summed E-state index contributed by atoms with van der Waals surface area (Å²) in [6.45, 7) is 0.134. The predicted molar refractivity (Wildman–Crippen MR) is 130 cm³/mol. The molecule has 0 saturated heterocycles. The molecule has 1 aromatic heterocycles. The highest BCUT2D eigenvalue weighted by molar-refractivity contribution is 5.91. The van der Waals surface area contributed by atoms with Crippen LogP contribution in [0, 0.1) is 0 Å². The molecule has 0 saturated carbocycles. The molecular formula is C26H24N4O5. The number of aromatic nitrogens is 3. The van der Waals surface area contributed by atoms with Crippen molar-refractivity contribution in [2.45, 2.75) is 13.1 Å². The highest BCUT2D eigenvalue weighted by Crippen LogP contribution is 2.15. The molecule has 0 atom stereocenters. The summed E-state index contributed by atoms with van der Waals surface area (Å²) in [5, 5.41) is 6.86. The van der Waals surface area contributed by atoms with Crippen molar-refractivity contribution in [2.75, 3.05) is 14.2 Å². The Bertz CT molecular complexity index is 1460. The second kappa shape index (κ2) is 10.5. The molecule has 1 N–H and O–H groups in total. The molecule has 178 valence electrons. The first-order valence-electron chi connectivity index (χ1n) is 10.8. The Balaban J connectivity index is 1.80. The zero-order valence-electron chi connectivity index (χ0n) is 19.3. The molecule has 0 bridgehead atoms. The van der Waals surface area contributed by atoms with Crippen molar-refractivity contribution in [3.63, 3.8) is 0 Å². The molecule has 0 aliphatic rings. The number of nitrogens with zero attached hydrogens (tertiary/aromatic N) is 3. The number of nitrogens with one attached hydrogen (secondary N) is 1. The summed E-state index contributed by atoms with van der Waals surface area (Å²) in [7, 11) is 3.03. The van der Waals surface area contributed by atoms with Gasteiger partial charge in [0.05, 0.1) is 26.5 Å². The van der Waals surface area contributed by atoms with Crippen molar-refractivity contribution in [3.8, 4) is 17.2 Å². The molecule has 0 fully saturated rings. The van der Waals surface area contributed by atoms with Crippen LogP contribution in [0.4, 0.5) is 0 Å². The van der Waals surface area contributed by atoms with E-state index < -0.39 is 22.9 Å². The van der Waals surface area contributed by atoms with Gasteiger partial charge in [-0.15, -0.1) is 0 Å². The van der Waals surface area contributed by atoms with Gasteiger partial charge in [0.2, 0.25) is 5.69 Å². The molecule has 0 unspecified atom stereocenters. The highest BCUT2D eigenvalue weighted by Gasteiger charge is 2.21. The van der Waals surface area contributed by atoms with Crippen LogP contribution in [0.1, 0.15) is 21.6 Å². The lowest BCUT2D eigenvalue weighted by Gasteiger charge is -2.13. The minimum absolute atomic E-state index is 0.0691. The number of rotatable bonds is 8. The van der Waals surface area contributed by atoms with Crippen LogP contribution in [0.15, 0.2) is 88.5 Å². The lowest BCUT2D eigenvalue weighted by molar-refractivity contribution is 0.0941. The summed E-state index contributed by atoms with van der Waals surface area (Å²) < 4.78 is 12.5. The smallest absolute Gasteiger partial charge is 0.352 e. The zero-order chi connectivity index (χ0) is 24.8. The normalized spacial score (nSPS) is 10.6.